The number of para-hydroxylation sites is 1. The van der Waals surface area contributed by atoms with Crippen molar-refractivity contribution < 1.29 is 14.3 Å². The molecular formula is C22H24ClN3O3. The quantitative estimate of drug-likeness (QED) is 0.789. The van der Waals surface area contributed by atoms with Crippen LogP contribution in [0.2, 0.25) is 5.02 Å². The van der Waals surface area contributed by atoms with Crippen LogP contribution in [0.3, 0.4) is 0 Å². The zero-order valence-corrected chi connectivity index (χ0v) is 16.8. The normalized spacial score (nSPS) is 21.3. The van der Waals surface area contributed by atoms with E-state index in [4.69, 9.17) is 22.1 Å². The van der Waals surface area contributed by atoms with Crippen LogP contribution in [0.5, 0.6) is 5.75 Å². The van der Waals surface area contributed by atoms with E-state index in [1.165, 1.54) is 0 Å². The molecule has 6 nitrogen and oxygen atoms in total. The summed E-state index contributed by atoms with van der Waals surface area (Å²) in [5.41, 5.74) is 8.20. The molecule has 0 bridgehead atoms. The number of halogens is 1. The Morgan fingerprint density at radius 1 is 1.24 bits per heavy atom. The molecule has 2 aliphatic heterocycles. The molecule has 2 heterocycles. The van der Waals surface area contributed by atoms with Crippen molar-refractivity contribution in [2.24, 2.45) is 11.7 Å². The predicted octanol–water partition coefficient (Wildman–Crippen LogP) is 2.98. The zero-order chi connectivity index (χ0) is 20.4. The number of primary amides is 1. The number of nitrogens with zero attached hydrogens (tertiary/aromatic N) is 1. The number of ether oxygens (including phenoxy) is 1. The van der Waals surface area contributed by atoms with E-state index < -0.39 is 6.10 Å². The first-order chi connectivity index (χ1) is 14.0. The highest BCUT2D eigenvalue weighted by Crippen LogP contribution is 2.32. The molecule has 3 N–H and O–H groups in total. The van der Waals surface area contributed by atoms with Gasteiger partial charge in [0.05, 0.1) is 5.92 Å². The molecule has 0 radical (unpaired) electrons. The van der Waals surface area contributed by atoms with Gasteiger partial charge in [-0.15, -0.1) is 0 Å². The van der Waals surface area contributed by atoms with Crippen LogP contribution in [-0.4, -0.2) is 35.9 Å². The van der Waals surface area contributed by atoms with E-state index >= 15 is 0 Å². The maximum atomic E-state index is 12.8. The summed E-state index contributed by atoms with van der Waals surface area (Å²) in [5, 5.41) is 3.64. The number of fused-ring (bicyclic) bond motifs is 1. The molecule has 0 aromatic heterocycles. The summed E-state index contributed by atoms with van der Waals surface area (Å²) >= 11 is 6.03. The largest absolute Gasteiger partial charge is 0.480 e. The van der Waals surface area contributed by atoms with Gasteiger partial charge in [0.25, 0.3) is 5.91 Å². The fraction of sp³-hybridized carbons (Fsp3) is 0.364. The van der Waals surface area contributed by atoms with Crippen molar-refractivity contribution in [1.82, 2.24) is 4.90 Å². The third kappa shape index (κ3) is 4.54. The van der Waals surface area contributed by atoms with Crippen molar-refractivity contribution in [2.45, 2.75) is 31.9 Å². The molecule has 1 saturated heterocycles. The number of rotatable bonds is 5. The highest BCUT2D eigenvalue weighted by atomic mass is 35.5. The minimum atomic E-state index is -0.578. The van der Waals surface area contributed by atoms with Gasteiger partial charge in [-0.1, -0.05) is 29.8 Å². The van der Waals surface area contributed by atoms with Gasteiger partial charge in [0.15, 0.2) is 6.10 Å². The third-order valence-corrected chi connectivity index (χ3v) is 5.80. The van der Waals surface area contributed by atoms with Crippen molar-refractivity contribution in [1.29, 1.82) is 0 Å². The van der Waals surface area contributed by atoms with Crippen LogP contribution in [0, 0.1) is 5.92 Å². The van der Waals surface area contributed by atoms with E-state index in [2.05, 4.69) is 10.2 Å². The van der Waals surface area contributed by atoms with Crippen LogP contribution in [0.15, 0.2) is 42.5 Å². The Bertz CT molecular complexity index is 933. The minimum Gasteiger partial charge on any atom is -0.480 e. The average Bonchev–Trinajstić information content (AvgIpc) is 3.13. The SMILES string of the molecule is NC(=O)C1CCCN(Cc2ccccc2NC(=O)C2Cc3cc(Cl)ccc3O2)C1. The van der Waals surface area contributed by atoms with Crippen LogP contribution in [0.25, 0.3) is 0 Å². The summed E-state index contributed by atoms with van der Waals surface area (Å²) in [6.07, 6.45) is 1.70. The smallest absolute Gasteiger partial charge is 0.265 e. The van der Waals surface area contributed by atoms with Crippen LogP contribution < -0.4 is 15.8 Å². The molecule has 0 aliphatic carbocycles. The van der Waals surface area contributed by atoms with Crippen molar-refractivity contribution in [3.8, 4) is 5.75 Å². The number of nitrogens with two attached hydrogens (primary N) is 1. The van der Waals surface area contributed by atoms with Crippen molar-refractivity contribution >= 4 is 29.1 Å². The number of nitrogens with one attached hydrogen (secondary N) is 1. The number of likely N-dealkylation sites (tertiary alicyclic amines) is 1. The maximum Gasteiger partial charge on any atom is 0.265 e. The highest BCUT2D eigenvalue weighted by Gasteiger charge is 2.30. The summed E-state index contributed by atoms with van der Waals surface area (Å²) in [6, 6.07) is 13.1. The van der Waals surface area contributed by atoms with Gasteiger partial charge >= 0.3 is 0 Å². The number of hydrogen-bond acceptors (Lipinski definition) is 4. The van der Waals surface area contributed by atoms with Gasteiger partial charge in [0.1, 0.15) is 5.75 Å². The number of carbonyl (C=O) groups is 2. The zero-order valence-electron chi connectivity index (χ0n) is 16.1. The molecule has 29 heavy (non-hydrogen) atoms. The fourth-order valence-electron chi connectivity index (χ4n) is 4.03. The van der Waals surface area contributed by atoms with Gasteiger partial charge in [-0.2, -0.15) is 0 Å². The van der Waals surface area contributed by atoms with Gasteiger partial charge in [-0.3, -0.25) is 14.5 Å². The molecule has 0 saturated carbocycles. The predicted molar refractivity (Wildman–Crippen MR) is 112 cm³/mol. The number of benzene rings is 2. The molecule has 4 rings (SSSR count). The number of carbonyl (C=O) groups excluding carboxylic acids is 2. The van der Waals surface area contributed by atoms with E-state index in [1.807, 2.05) is 30.3 Å². The lowest BCUT2D eigenvalue weighted by atomic mass is 9.97. The van der Waals surface area contributed by atoms with Gasteiger partial charge in [0, 0.05) is 30.2 Å². The van der Waals surface area contributed by atoms with Crippen LogP contribution in [-0.2, 0) is 22.6 Å². The lowest BCUT2D eigenvalue weighted by Crippen LogP contribution is -2.40. The first-order valence-electron chi connectivity index (χ1n) is 9.85. The van der Waals surface area contributed by atoms with E-state index in [-0.39, 0.29) is 17.7 Å². The Morgan fingerprint density at radius 2 is 2.07 bits per heavy atom. The Hall–Kier alpha value is -2.57. The third-order valence-electron chi connectivity index (χ3n) is 5.57. The summed E-state index contributed by atoms with van der Waals surface area (Å²) < 4.78 is 5.79. The Kier molecular flexibility index (Phi) is 5.74. The van der Waals surface area contributed by atoms with Crippen LogP contribution in [0.4, 0.5) is 5.69 Å². The molecule has 2 aromatic carbocycles. The molecule has 2 aliphatic rings. The molecular weight excluding hydrogens is 390 g/mol. The molecule has 1 fully saturated rings. The fourth-order valence-corrected chi connectivity index (χ4v) is 4.22. The lowest BCUT2D eigenvalue weighted by Gasteiger charge is -2.31. The van der Waals surface area contributed by atoms with Crippen molar-refractivity contribution in [3.05, 3.63) is 58.6 Å². The maximum absolute atomic E-state index is 12.8. The van der Waals surface area contributed by atoms with E-state index in [0.29, 0.717) is 30.3 Å². The van der Waals surface area contributed by atoms with Crippen LogP contribution in [0.1, 0.15) is 24.0 Å². The van der Waals surface area contributed by atoms with Gasteiger partial charge < -0.3 is 15.8 Å². The summed E-state index contributed by atoms with van der Waals surface area (Å²) in [7, 11) is 0. The standard InChI is InChI=1S/C22H24ClN3O3/c23-17-7-8-19-16(10-17)11-20(29-19)22(28)25-18-6-2-1-4-14(18)12-26-9-3-5-15(13-26)21(24)27/h1-2,4,6-8,10,15,20H,3,5,9,11-13H2,(H2,24,27)(H,25,28). The van der Waals surface area contributed by atoms with Gasteiger partial charge in [-0.25, -0.2) is 0 Å². The summed E-state index contributed by atoms with van der Waals surface area (Å²) in [4.78, 5) is 26.6. The van der Waals surface area contributed by atoms with E-state index in [1.54, 1.807) is 12.1 Å². The second-order valence-corrected chi connectivity index (χ2v) is 8.12. The van der Waals surface area contributed by atoms with Crippen LogP contribution >= 0.6 is 11.6 Å². The van der Waals surface area contributed by atoms with Gasteiger partial charge in [0.2, 0.25) is 5.91 Å². The summed E-state index contributed by atoms with van der Waals surface area (Å²) in [6.45, 7) is 2.22. The Morgan fingerprint density at radius 3 is 2.90 bits per heavy atom. The molecule has 2 unspecified atom stereocenters. The summed E-state index contributed by atoms with van der Waals surface area (Å²) in [5.74, 6) is 0.170. The number of amides is 2. The van der Waals surface area contributed by atoms with E-state index in [0.717, 1.165) is 36.2 Å². The van der Waals surface area contributed by atoms with E-state index in [9.17, 15) is 9.59 Å². The Labute approximate surface area is 175 Å². The molecule has 2 aromatic rings. The molecule has 152 valence electrons. The first-order valence-corrected chi connectivity index (χ1v) is 10.2. The number of piperidine rings is 1. The first kappa shape index (κ1) is 19.7. The topological polar surface area (TPSA) is 84.7 Å². The molecule has 2 atom stereocenters. The molecule has 0 spiro atoms. The van der Waals surface area contributed by atoms with Gasteiger partial charge in [-0.05, 0) is 54.8 Å². The van der Waals surface area contributed by atoms with Crippen molar-refractivity contribution in [2.75, 3.05) is 18.4 Å². The second kappa shape index (κ2) is 8.43. The number of hydrogen-bond donors (Lipinski definition) is 2. The second-order valence-electron chi connectivity index (χ2n) is 7.69. The minimum absolute atomic E-state index is 0.109. The average molecular weight is 414 g/mol. The molecule has 7 heteroatoms. The lowest BCUT2D eigenvalue weighted by molar-refractivity contribution is -0.123. The Balaban J connectivity index is 1.42. The highest BCUT2D eigenvalue weighted by molar-refractivity contribution is 6.30. The molecule has 2 amide bonds. The number of anilines is 1. The monoisotopic (exact) mass is 413 g/mol. The van der Waals surface area contributed by atoms with Crippen molar-refractivity contribution in [3.63, 3.8) is 0 Å².